The van der Waals surface area contributed by atoms with E-state index in [0.717, 1.165) is 17.2 Å². The van der Waals surface area contributed by atoms with Crippen LogP contribution in [-0.2, 0) is 6.54 Å². The lowest BCUT2D eigenvalue weighted by Crippen LogP contribution is -2.21. The molecular formula is C14H17N7. The molecule has 2 heterocycles. The number of nitrogens with zero attached hydrogens (tertiary/aromatic N) is 5. The molecule has 108 valence electrons. The summed E-state index contributed by atoms with van der Waals surface area (Å²) in [5, 5.41) is 17.4. The minimum absolute atomic E-state index is 0.0168. The van der Waals surface area contributed by atoms with Gasteiger partial charge in [0.05, 0.1) is 17.9 Å². The number of aromatic nitrogens is 6. The molecular weight excluding hydrogens is 266 g/mol. The van der Waals surface area contributed by atoms with E-state index in [1.165, 1.54) is 0 Å². The smallest absolute Gasteiger partial charge is 0.191 e. The monoisotopic (exact) mass is 283 g/mol. The number of nitrogens with one attached hydrogen (secondary N) is 2. The lowest BCUT2D eigenvalue weighted by molar-refractivity contribution is 0.537. The van der Waals surface area contributed by atoms with Gasteiger partial charge in [0.1, 0.15) is 5.82 Å². The molecule has 0 radical (unpaired) electrons. The van der Waals surface area contributed by atoms with Gasteiger partial charge in [-0.3, -0.25) is 4.57 Å². The summed E-state index contributed by atoms with van der Waals surface area (Å²) < 4.78 is 2.13. The largest absolute Gasteiger partial charge is 0.302 e. The first-order valence-electron chi connectivity index (χ1n) is 6.81. The van der Waals surface area contributed by atoms with Crippen molar-refractivity contribution < 1.29 is 0 Å². The zero-order valence-corrected chi connectivity index (χ0v) is 12.0. The third-order valence-electron chi connectivity index (χ3n) is 3.36. The number of benzene rings is 1. The molecule has 1 unspecified atom stereocenters. The Morgan fingerprint density at radius 1 is 1.29 bits per heavy atom. The van der Waals surface area contributed by atoms with Crippen molar-refractivity contribution in [2.45, 2.75) is 26.4 Å². The van der Waals surface area contributed by atoms with Gasteiger partial charge in [-0.1, -0.05) is 23.4 Å². The SMILES string of the molecule is Cc1ncc(CNC(C)c2nn[nH]n2)n1-c1ccccc1. The number of imidazole rings is 1. The highest BCUT2D eigenvalue weighted by molar-refractivity contribution is 5.35. The van der Waals surface area contributed by atoms with Crippen LogP contribution in [0.4, 0.5) is 0 Å². The summed E-state index contributed by atoms with van der Waals surface area (Å²) in [5.41, 5.74) is 2.20. The highest BCUT2D eigenvalue weighted by Gasteiger charge is 2.12. The number of hydrogen-bond acceptors (Lipinski definition) is 5. The number of H-pyrrole nitrogens is 1. The molecule has 0 aliphatic rings. The molecule has 21 heavy (non-hydrogen) atoms. The second-order valence-electron chi connectivity index (χ2n) is 4.84. The lowest BCUT2D eigenvalue weighted by Gasteiger charge is -2.13. The van der Waals surface area contributed by atoms with Crippen molar-refractivity contribution in [1.29, 1.82) is 0 Å². The topological polar surface area (TPSA) is 84.3 Å². The second-order valence-corrected chi connectivity index (χ2v) is 4.84. The van der Waals surface area contributed by atoms with Crippen LogP contribution in [0.3, 0.4) is 0 Å². The molecule has 1 aromatic carbocycles. The third-order valence-corrected chi connectivity index (χ3v) is 3.36. The average Bonchev–Trinajstić information content (AvgIpc) is 3.15. The molecule has 0 saturated heterocycles. The maximum absolute atomic E-state index is 4.41. The Hall–Kier alpha value is -2.54. The predicted molar refractivity (Wildman–Crippen MR) is 77.7 cm³/mol. The molecule has 3 rings (SSSR count). The second kappa shape index (κ2) is 5.84. The van der Waals surface area contributed by atoms with Crippen LogP contribution in [0.2, 0.25) is 0 Å². The molecule has 7 nitrogen and oxygen atoms in total. The molecule has 0 saturated carbocycles. The summed E-state index contributed by atoms with van der Waals surface area (Å²) in [6.45, 7) is 4.67. The summed E-state index contributed by atoms with van der Waals surface area (Å²) in [7, 11) is 0. The average molecular weight is 283 g/mol. The summed E-state index contributed by atoms with van der Waals surface area (Å²) >= 11 is 0. The first kappa shape index (κ1) is 13.4. The number of rotatable bonds is 5. The predicted octanol–water partition coefficient (Wildman–Crippen LogP) is 1.54. The van der Waals surface area contributed by atoms with E-state index in [-0.39, 0.29) is 6.04 Å². The number of hydrogen-bond donors (Lipinski definition) is 2. The van der Waals surface area contributed by atoms with Gasteiger partial charge in [-0.2, -0.15) is 5.21 Å². The molecule has 0 spiro atoms. The zero-order chi connectivity index (χ0) is 14.7. The third kappa shape index (κ3) is 2.82. The van der Waals surface area contributed by atoms with Crippen molar-refractivity contribution in [2.75, 3.05) is 0 Å². The van der Waals surface area contributed by atoms with Gasteiger partial charge in [0.25, 0.3) is 0 Å². The van der Waals surface area contributed by atoms with Gasteiger partial charge in [0, 0.05) is 12.2 Å². The van der Waals surface area contributed by atoms with Crippen molar-refractivity contribution >= 4 is 0 Å². The molecule has 0 amide bonds. The fourth-order valence-electron chi connectivity index (χ4n) is 2.25. The summed E-state index contributed by atoms with van der Waals surface area (Å²) in [6.07, 6.45) is 1.89. The molecule has 0 aliphatic carbocycles. The van der Waals surface area contributed by atoms with Crippen molar-refractivity contribution in [3.05, 3.63) is 53.9 Å². The van der Waals surface area contributed by atoms with Crippen molar-refractivity contribution in [1.82, 2.24) is 35.5 Å². The van der Waals surface area contributed by atoms with E-state index >= 15 is 0 Å². The van der Waals surface area contributed by atoms with Gasteiger partial charge >= 0.3 is 0 Å². The quantitative estimate of drug-likeness (QED) is 0.742. The Labute approximate surface area is 122 Å². The van der Waals surface area contributed by atoms with Crippen LogP contribution in [0.25, 0.3) is 5.69 Å². The maximum Gasteiger partial charge on any atom is 0.191 e. The van der Waals surface area contributed by atoms with Crippen molar-refractivity contribution in [2.24, 2.45) is 0 Å². The van der Waals surface area contributed by atoms with Crippen LogP contribution in [0.15, 0.2) is 36.5 Å². The van der Waals surface area contributed by atoms with E-state index < -0.39 is 0 Å². The van der Waals surface area contributed by atoms with Crippen molar-refractivity contribution in [3.8, 4) is 5.69 Å². The van der Waals surface area contributed by atoms with Crippen LogP contribution in [0.5, 0.6) is 0 Å². The zero-order valence-electron chi connectivity index (χ0n) is 12.0. The highest BCUT2D eigenvalue weighted by Crippen LogP contribution is 2.15. The van der Waals surface area contributed by atoms with Gasteiger partial charge in [0.2, 0.25) is 0 Å². The van der Waals surface area contributed by atoms with Gasteiger partial charge < -0.3 is 5.32 Å². The summed E-state index contributed by atoms with van der Waals surface area (Å²) in [5.74, 6) is 1.61. The molecule has 0 fully saturated rings. The first-order chi connectivity index (χ1) is 10.3. The Morgan fingerprint density at radius 3 is 2.81 bits per heavy atom. The maximum atomic E-state index is 4.41. The number of aryl methyl sites for hydroxylation is 1. The molecule has 2 N–H and O–H groups in total. The normalized spacial score (nSPS) is 12.5. The number of para-hydroxylation sites is 1. The van der Waals surface area contributed by atoms with E-state index in [0.29, 0.717) is 12.4 Å². The van der Waals surface area contributed by atoms with Gasteiger partial charge in [-0.05, 0) is 26.0 Å². The van der Waals surface area contributed by atoms with Crippen LogP contribution in [0, 0.1) is 6.92 Å². The van der Waals surface area contributed by atoms with E-state index in [4.69, 9.17) is 0 Å². The molecule has 3 aromatic rings. The molecule has 1 atom stereocenters. The Morgan fingerprint density at radius 2 is 2.10 bits per heavy atom. The van der Waals surface area contributed by atoms with Crippen molar-refractivity contribution in [3.63, 3.8) is 0 Å². The molecule has 0 bridgehead atoms. The molecule has 2 aromatic heterocycles. The van der Waals surface area contributed by atoms with E-state index in [1.54, 1.807) is 0 Å². The van der Waals surface area contributed by atoms with E-state index in [2.05, 4.69) is 47.6 Å². The van der Waals surface area contributed by atoms with Crippen LogP contribution in [0.1, 0.15) is 30.3 Å². The van der Waals surface area contributed by atoms with E-state index in [1.807, 2.05) is 38.2 Å². The molecule has 7 heteroatoms. The van der Waals surface area contributed by atoms with Gasteiger partial charge in [-0.15, -0.1) is 10.2 Å². The highest BCUT2D eigenvalue weighted by atomic mass is 15.5. The Balaban J connectivity index is 1.78. The Kier molecular flexibility index (Phi) is 3.74. The van der Waals surface area contributed by atoms with Crippen LogP contribution < -0.4 is 5.32 Å². The minimum atomic E-state index is 0.0168. The summed E-state index contributed by atoms with van der Waals surface area (Å²) in [6, 6.07) is 10.2. The van der Waals surface area contributed by atoms with Gasteiger partial charge in [0.15, 0.2) is 5.82 Å². The molecule has 0 aliphatic heterocycles. The standard InChI is InChI=1S/C14H17N7/c1-10(14-17-19-20-18-14)15-8-13-9-16-11(2)21(13)12-6-4-3-5-7-12/h3-7,9-10,15H,8H2,1-2H3,(H,17,18,19,20). The van der Waals surface area contributed by atoms with Gasteiger partial charge in [-0.25, -0.2) is 4.98 Å². The number of aromatic amines is 1. The minimum Gasteiger partial charge on any atom is -0.302 e. The van der Waals surface area contributed by atoms with E-state index in [9.17, 15) is 0 Å². The summed E-state index contributed by atoms with van der Waals surface area (Å²) in [4.78, 5) is 4.41. The Bertz CT molecular complexity index is 687. The lowest BCUT2D eigenvalue weighted by atomic mass is 10.3. The van der Waals surface area contributed by atoms with Crippen LogP contribution >= 0.6 is 0 Å². The fourth-order valence-corrected chi connectivity index (χ4v) is 2.25. The first-order valence-corrected chi connectivity index (χ1v) is 6.81. The number of tetrazole rings is 1. The fraction of sp³-hybridized carbons (Fsp3) is 0.286. The van der Waals surface area contributed by atoms with Crippen LogP contribution in [-0.4, -0.2) is 30.2 Å².